The van der Waals surface area contributed by atoms with Gasteiger partial charge in [-0.15, -0.1) is 0 Å². The topological polar surface area (TPSA) is 93.4 Å². The maximum atomic E-state index is 10.7. The molecule has 0 aliphatic rings. The van der Waals surface area contributed by atoms with Crippen LogP contribution in [0.5, 0.6) is 0 Å². The van der Waals surface area contributed by atoms with E-state index in [1.165, 1.54) is 12.1 Å². The van der Waals surface area contributed by atoms with E-state index in [2.05, 4.69) is 11.2 Å². The van der Waals surface area contributed by atoms with E-state index in [1.807, 2.05) is 35.0 Å². The molecule has 0 amide bonds. The van der Waals surface area contributed by atoms with Crippen molar-refractivity contribution in [3.8, 4) is 11.8 Å². The van der Waals surface area contributed by atoms with E-state index in [4.69, 9.17) is 10.1 Å². The van der Waals surface area contributed by atoms with Crippen molar-refractivity contribution in [2.24, 2.45) is 5.16 Å². The molecule has 0 aliphatic heterocycles. The first-order valence-electron chi connectivity index (χ1n) is 7.74. The van der Waals surface area contributed by atoms with Crippen LogP contribution in [0.1, 0.15) is 16.8 Å². The number of nitrogens with zero attached hydrogens (tertiary/aromatic N) is 4. The van der Waals surface area contributed by atoms with Crippen LogP contribution in [0.2, 0.25) is 0 Å². The first kappa shape index (κ1) is 16.9. The van der Waals surface area contributed by atoms with Gasteiger partial charge in [-0.2, -0.15) is 5.26 Å². The zero-order chi connectivity index (χ0) is 18.4. The zero-order valence-corrected chi connectivity index (χ0v) is 13.6. The number of non-ortho nitro benzene ring substituents is 1. The van der Waals surface area contributed by atoms with Crippen molar-refractivity contribution in [2.45, 2.75) is 6.61 Å². The molecular formula is C19H14N4O3. The van der Waals surface area contributed by atoms with Crippen molar-refractivity contribution >= 4 is 11.9 Å². The minimum atomic E-state index is -0.436. The first-order chi connectivity index (χ1) is 12.7. The minimum Gasteiger partial charge on any atom is -0.391 e. The molecule has 128 valence electrons. The molecule has 0 fully saturated rings. The lowest BCUT2D eigenvalue weighted by molar-refractivity contribution is -0.384. The SMILES string of the molecule is N#Cc1ccccc1CO/N=C\c1cccn1-c1ccc([N+](=O)[O-])cc1. The molecule has 7 nitrogen and oxygen atoms in total. The highest BCUT2D eigenvalue weighted by molar-refractivity contribution is 5.78. The van der Waals surface area contributed by atoms with Crippen LogP contribution < -0.4 is 0 Å². The Morgan fingerprint density at radius 2 is 1.92 bits per heavy atom. The number of hydrogen-bond acceptors (Lipinski definition) is 5. The molecule has 0 saturated carbocycles. The molecule has 0 spiro atoms. The Morgan fingerprint density at radius 3 is 2.65 bits per heavy atom. The number of aromatic nitrogens is 1. The van der Waals surface area contributed by atoms with Gasteiger partial charge < -0.3 is 9.40 Å². The molecule has 2 aromatic carbocycles. The third kappa shape index (κ3) is 3.76. The molecule has 0 saturated heterocycles. The first-order valence-corrected chi connectivity index (χ1v) is 7.74. The Morgan fingerprint density at radius 1 is 1.15 bits per heavy atom. The number of nitro benzene ring substituents is 1. The third-order valence-corrected chi connectivity index (χ3v) is 3.74. The minimum absolute atomic E-state index is 0.0376. The molecule has 0 radical (unpaired) electrons. The number of nitriles is 1. The molecule has 0 aliphatic carbocycles. The largest absolute Gasteiger partial charge is 0.391 e. The Bertz CT molecular complexity index is 985. The number of rotatable bonds is 6. The number of hydrogen-bond donors (Lipinski definition) is 0. The summed E-state index contributed by atoms with van der Waals surface area (Å²) in [5.41, 5.74) is 2.88. The lowest BCUT2D eigenvalue weighted by atomic mass is 10.1. The average Bonchev–Trinajstić information content (AvgIpc) is 3.14. The van der Waals surface area contributed by atoms with Gasteiger partial charge in [0.1, 0.15) is 6.61 Å². The van der Waals surface area contributed by atoms with Crippen LogP contribution in [-0.2, 0) is 11.4 Å². The number of benzene rings is 2. The molecule has 0 bridgehead atoms. The second-order valence-corrected chi connectivity index (χ2v) is 5.35. The number of oxime groups is 1. The van der Waals surface area contributed by atoms with Crippen molar-refractivity contribution in [2.75, 3.05) is 0 Å². The summed E-state index contributed by atoms with van der Waals surface area (Å²) in [5, 5.41) is 23.7. The van der Waals surface area contributed by atoms with Crippen LogP contribution in [0, 0.1) is 21.4 Å². The van der Waals surface area contributed by atoms with Gasteiger partial charge in [-0.05, 0) is 30.3 Å². The smallest absolute Gasteiger partial charge is 0.269 e. The summed E-state index contributed by atoms with van der Waals surface area (Å²) in [4.78, 5) is 15.6. The van der Waals surface area contributed by atoms with Crippen LogP contribution in [0.3, 0.4) is 0 Å². The number of nitro groups is 1. The average molecular weight is 346 g/mol. The molecule has 7 heteroatoms. The molecule has 0 atom stereocenters. The van der Waals surface area contributed by atoms with Gasteiger partial charge in [0, 0.05) is 29.6 Å². The Balaban J connectivity index is 1.70. The summed E-state index contributed by atoms with van der Waals surface area (Å²) in [6, 6.07) is 19.2. The normalized spacial score (nSPS) is 10.6. The van der Waals surface area contributed by atoms with Gasteiger partial charge in [0.05, 0.1) is 28.5 Å². The highest BCUT2D eigenvalue weighted by Crippen LogP contribution is 2.17. The van der Waals surface area contributed by atoms with Crippen molar-refractivity contribution in [3.63, 3.8) is 0 Å². The van der Waals surface area contributed by atoms with Gasteiger partial charge in [-0.25, -0.2) is 0 Å². The van der Waals surface area contributed by atoms with E-state index in [9.17, 15) is 10.1 Å². The lowest BCUT2D eigenvalue weighted by Crippen LogP contribution is -1.99. The fraction of sp³-hybridized carbons (Fsp3) is 0.0526. The van der Waals surface area contributed by atoms with Gasteiger partial charge in [0.25, 0.3) is 5.69 Å². The fourth-order valence-corrected chi connectivity index (χ4v) is 2.42. The van der Waals surface area contributed by atoms with Crippen LogP contribution >= 0.6 is 0 Å². The van der Waals surface area contributed by atoms with Gasteiger partial charge in [0.15, 0.2) is 0 Å². The van der Waals surface area contributed by atoms with Crippen molar-refractivity contribution in [3.05, 3.63) is 93.8 Å². The molecule has 26 heavy (non-hydrogen) atoms. The van der Waals surface area contributed by atoms with Crippen LogP contribution in [0.25, 0.3) is 5.69 Å². The molecule has 1 heterocycles. The maximum absolute atomic E-state index is 10.7. The second kappa shape index (κ2) is 7.77. The molecule has 3 aromatic rings. The van der Waals surface area contributed by atoms with Crippen molar-refractivity contribution in [1.82, 2.24) is 4.57 Å². The second-order valence-electron chi connectivity index (χ2n) is 5.35. The molecular weight excluding hydrogens is 332 g/mol. The quantitative estimate of drug-likeness (QED) is 0.385. The van der Waals surface area contributed by atoms with E-state index in [1.54, 1.807) is 30.5 Å². The molecule has 0 unspecified atom stereocenters. The zero-order valence-electron chi connectivity index (χ0n) is 13.6. The van der Waals surface area contributed by atoms with Gasteiger partial charge in [-0.1, -0.05) is 23.4 Å². The maximum Gasteiger partial charge on any atom is 0.269 e. The predicted octanol–water partition coefficient (Wildman–Crippen LogP) is 3.81. The van der Waals surface area contributed by atoms with Gasteiger partial charge in [0.2, 0.25) is 0 Å². The van der Waals surface area contributed by atoms with E-state index >= 15 is 0 Å². The molecule has 3 rings (SSSR count). The highest BCUT2D eigenvalue weighted by atomic mass is 16.6. The van der Waals surface area contributed by atoms with Crippen molar-refractivity contribution < 1.29 is 9.76 Å². The van der Waals surface area contributed by atoms with E-state index in [0.717, 1.165) is 16.9 Å². The van der Waals surface area contributed by atoms with Gasteiger partial charge >= 0.3 is 0 Å². The summed E-state index contributed by atoms with van der Waals surface area (Å²) in [5.74, 6) is 0. The van der Waals surface area contributed by atoms with Crippen LogP contribution in [0.4, 0.5) is 5.69 Å². The third-order valence-electron chi connectivity index (χ3n) is 3.74. The van der Waals surface area contributed by atoms with Crippen LogP contribution in [0.15, 0.2) is 72.0 Å². The molecule has 1 aromatic heterocycles. The Labute approximate surface area is 149 Å². The van der Waals surface area contributed by atoms with Gasteiger partial charge in [-0.3, -0.25) is 10.1 Å². The van der Waals surface area contributed by atoms with E-state index in [0.29, 0.717) is 5.56 Å². The summed E-state index contributed by atoms with van der Waals surface area (Å²) in [6.45, 7) is 0.193. The summed E-state index contributed by atoms with van der Waals surface area (Å²) in [6.07, 6.45) is 3.38. The highest BCUT2D eigenvalue weighted by Gasteiger charge is 2.06. The standard InChI is InChI=1S/C19H14N4O3/c20-12-15-4-1-2-5-16(15)14-26-21-13-19-6-3-11-22(19)17-7-9-18(10-8-17)23(24)25/h1-11,13H,14H2/b21-13-. The van der Waals surface area contributed by atoms with Crippen molar-refractivity contribution in [1.29, 1.82) is 5.26 Å². The van der Waals surface area contributed by atoms with E-state index in [-0.39, 0.29) is 12.3 Å². The van der Waals surface area contributed by atoms with E-state index < -0.39 is 4.92 Å². The lowest BCUT2D eigenvalue weighted by Gasteiger charge is -2.06. The Kier molecular flexibility index (Phi) is 5.05. The van der Waals surface area contributed by atoms with Crippen LogP contribution in [-0.4, -0.2) is 15.7 Å². The summed E-state index contributed by atoms with van der Waals surface area (Å²) >= 11 is 0. The monoisotopic (exact) mass is 346 g/mol. The predicted molar refractivity (Wildman–Crippen MR) is 96.0 cm³/mol. The molecule has 0 N–H and O–H groups in total. The fourth-order valence-electron chi connectivity index (χ4n) is 2.42. The Hall–Kier alpha value is -3.92. The summed E-state index contributed by atoms with van der Waals surface area (Å²) < 4.78 is 1.83. The summed E-state index contributed by atoms with van der Waals surface area (Å²) in [7, 11) is 0.